The first kappa shape index (κ1) is 15.1. The highest BCUT2D eigenvalue weighted by Gasteiger charge is 2.29. The van der Waals surface area contributed by atoms with Crippen molar-refractivity contribution in [3.05, 3.63) is 60.0 Å². The van der Waals surface area contributed by atoms with Crippen molar-refractivity contribution in [1.82, 2.24) is 9.71 Å². The predicted molar refractivity (Wildman–Crippen MR) is 71.3 cm³/mol. The summed E-state index contributed by atoms with van der Waals surface area (Å²) in [6, 6.07) is 8.35. The van der Waals surface area contributed by atoms with Crippen LogP contribution in [0.5, 0.6) is 0 Å². The van der Waals surface area contributed by atoms with E-state index in [1.54, 1.807) is 18.2 Å². The van der Waals surface area contributed by atoms with Gasteiger partial charge in [-0.1, -0.05) is 30.3 Å². The number of nitrogens with zero attached hydrogens (tertiary/aromatic N) is 1. The molecule has 0 aliphatic carbocycles. The van der Waals surface area contributed by atoms with Crippen LogP contribution < -0.4 is 4.72 Å². The summed E-state index contributed by atoms with van der Waals surface area (Å²) in [6.07, 6.45) is 1.11. The summed E-state index contributed by atoms with van der Waals surface area (Å²) in [7, 11) is -4.40. The highest BCUT2D eigenvalue weighted by atomic mass is 32.2. The number of carboxylic acids is 1. The maximum Gasteiger partial charge on any atom is 0.326 e. The summed E-state index contributed by atoms with van der Waals surface area (Å²) in [6.45, 7) is 0. The van der Waals surface area contributed by atoms with Crippen molar-refractivity contribution in [2.45, 2.75) is 11.1 Å². The molecule has 0 amide bonds. The molecule has 0 aliphatic rings. The number of carbonyl (C=O) groups is 1. The van der Waals surface area contributed by atoms with Crippen molar-refractivity contribution >= 4 is 16.0 Å². The number of halogens is 1. The lowest BCUT2D eigenvalue weighted by Gasteiger charge is -2.14. The molecule has 0 saturated heterocycles. The number of sulfonamides is 1. The highest BCUT2D eigenvalue weighted by Crippen LogP contribution is 2.18. The molecule has 0 unspecified atom stereocenters. The Bertz CT molecular complexity index is 750. The van der Waals surface area contributed by atoms with Crippen molar-refractivity contribution in [3.63, 3.8) is 0 Å². The lowest BCUT2D eigenvalue weighted by Crippen LogP contribution is -2.34. The molecule has 0 spiro atoms. The van der Waals surface area contributed by atoms with Crippen LogP contribution in [0.1, 0.15) is 11.6 Å². The van der Waals surface area contributed by atoms with Gasteiger partial charge in [0.1, 0.15) is 6.04 Å². The molecule has 1 atom stereocenters. The maximum atomic E-state index is 13.5. The monoisotopic (exact) mass is 310 g/mol. The zero-order chi connectivity index (χ0) is 15.5. The average molecular weight is 310 g/mol. The minimum Gasteiger partial charge on any atom is -0.480 e. The molecule has 0 radical (unpaired) electrons. The number of hydrogen-bond acceptors (Lipinski definition) is 4. The Balaban J connectivity index is 2.38. The first-order chi connectivity index (χ1) is 9.92. The molecule has 0 bridgehead atoms. The number of benzene rings is 1. The van der Waals surface area contributed by atoms with Crippen LogP contribution in [0.15, 0.2) is 53.7 Å². The molecule has 110 valence electrons. The minimum atomic E-state index is -4.40. The number of rotatable bonds is 5. The third kappa shape index (κ3) is 3.41. The van der Waals surface area contributed by atoms with Crippen LogP contribution in [0.3, 0.4) is 0 Å². The molecule has 8 heteroatoms. The Labute approximate surface area is 120 Å². The number of nitrogens with one attached hydrogen (secondary N) is 1. The van der Waals surface area contributed by atoms with E-state index in [1.807, 2.05) is 4.72 Å². The van der Waals surface area contributed by atoms with Crippen LogP contribution >= 0.6 is 0 Å². The lowest BCUT2D eigenvalue weighted by atomic mass is 10.1. The zero-order valence-corrected chi connectivity index (χ0v) is 11.4. The van der Waals surface area contributed by atoms with Crippen molar-refractivity contribution in [3.8, 4) is 0 Å². The highest BCUT2D eigenvalue weighted by molar-refractivity contribution is 7.89. The molecule has 2 rings (SSSR count). The fourth-order valence-electron chi connectivity index (χ4n) is 1.69. The van der Waals surface area contributed by atoms with Crippen molar-refractivity contribution < 1.29 is 22.7 Å². The molecule has 0 saturated carbocycles. The Hall–Kier alpha value is -2.32. The molecule has 2 N–H and O–H groups in total. The Kier molecular flexibility index (Phi) is 4.29. The second kappa shape index (κ2) is 5.98. The Morgan fingerprint density at radius 2 is 1.86 bits per heavy atom. The number of carboxylic acid groups (broad SMARTS) is 1. The summed E-state index contributed by atoms with van der Waals surface area (Å²) < 4.78 is 39.6. The fourth-order valence-corrected chi connectivity index (χ4v) is 2.87. The third-order valence-corrected chi connectivity index (χ3v) is 3.99. The van der Waals surface area contributed by atoms with E-state index in [0.29, 0.717) is 0 Å². The fraction of sp³-hybridized carbons (Fsp3) is 0.0769. The Morgan fingerprint density at radius 1 is 1.19 bits per heavy atom. The standard InChI is InChI=1S/C13H11FN2O4S/c14-10-7-4-8-15-12(10)21(19,20)16-11(13(17)18)9-5-2-1-3-6-9/h1-8,11,16H,(H,17,18)/t11-/m1/s1. The zero-order valence-electron chi connectivity index (χ0n) is 10.6. The molecule has 1 aromatic heterocycles. The second-order valence-corrected chi connectivity index (χ2v) is 5.72. The lowest BCUT2D eigenvalue weighted by molar-refractivity contribution is -0.139. The first-order valence-corrected chi connectivity index (χ1v) is 7.31. The van der Waals surface area contributed by atoms with Crippen LogP contribution in [0.2, 0.25) is 0 Å². The van der Waals surface area contributed by atoms with Gasteiger partial charge in [0.15, 0.2) is 5.82 Å². The van der Waals surface area contributed by atoms with E-state index in [1.165, 1.54) is 18.2 Å². The summed E-state index contributed by atoms with van der Waals surface area (Å²) in [4.78, 5) is 14.7. The molecular formula is C13H11FN2O4S. The third-order valence-electron chi connectivity index (χ3n) is 2.63. The summed E-state index contributed by atoms with van der Waals surface area (Å²) in [5, 5.41) is 8.32. The van der Waals surface area contributed by atoms with Crippen molar-refractivity contribution in [2.24, 2.45) is 0 Å². The molecule has 0 fully saturated rings. The molecular weight excluding hydrogens is 299 g/mol. The number of pyridine rings is 1. The second-order valence-electron chi connectivity index (χ2n) is 4.09. The first-order valence-electron chi connectivity index (χ1n) is 5.82. The number of hydrogen-bond donors (Lipinski definition) is 2. The molecule has 0 aliphatic heterocycles. The van der Waals surface area contributed by atoms with E-state index >= 15 is 0 Å². The van der Waals surface area contributed by atoms with Gasteiger partial charge in [0.05, 0.1) is 0 Å². The van der Waals surface area contributed by atoms with Crippen LogP contribution in [-0.2, 0) is 14.8 Å². The van der Waals surface area contributed by atoms with E-state index in [-0.39, 0.29) is 5.56 Å². The van der Waals surface area contributed by atoms with Gasteiger partial charge in [-0.05, 0) is 17.7 Å². The average Bonchev–Trinajstić information content (AvgIpc) is 2.46. The van der Waals surface area contributed by atoms with E-state index in [9.17, 15) is 17.6 Å². The Morgan fingerprint density at radius 3 is 2.43 bits per heavy atom. The summed E-state index contributed by atoms with van der Waals surface area (Å²) in [5.41, 5.74) is 0.227. The quantitative estimate of drug-likeness (QED) is 0.868. The smallest absolute Gasteiger partial charge is 0.326 e. The van der Waals surface area contributed by atoms with E-state index in [2.05, 4.69) is 4.98 Å². The van der Waals surface area contributed by atoms with Gasteiger partial charge in [-0.15, -0.1) is 0 Å². The van der Waals surface area contributed by atoms with Gasteiger partial charge in [0.25, 0.3) is 10.0 Å². The van der Waals surface area contributed by atoms with Crippen molar-refractivity contribution in [2.75, 3.05) is 0 Å². The van der Waals surface area contributed by atoms with Gasteiger partial charge in [-0.25, -0.2) is 17.8 Å². The summed E-state index contributed by atoms with van der Waals surface area (Å²) in [5.74, 6) is -2.46. The molecule has 21 heavy (non-hydrogen) atoms. The van der Waals surface area contributed by atoms with Gasteiger partial charge in [-0.3, -0.25) is 4.79 Å². The normalized spacial score (nSPS) is 12.8. The SMILES string of the molecule is O=C(O)[C@H](NS(=O)(=O)c1ncccc1F)c1ccccc1. The van der Waals surface area contributed by atoms with Gasteiger partial charge in [-0.2, -0.15) is 4.72 Å². The summed E-state index contributed by atoms with van der Waals surface area (Å²) >= 11 is 0. The minimum absolute atomic E-state index is 0.227. The van der Waals surface area contributed by atoms with Gasteiger partial charge in [0.2, 0.25) is 5.03 Å². The largest absolute Gasteiger partial charge is 0.480 e. The van der Waals surface area contributed by atoms with Crippen LogP contribution in [0, 0.1) is 5.82 Å². The van der Waals surface area contributed by atoms with Crippen LogP contribution in [0.4, 0.5) is 4.39 Å². The molecule has 6 nitrogen and oxygen atoms in total. The van der Waals surface area contributed by atoms with Gasteiger partial charge in [0, 0.05) is 6.20 Å². The molecule has 1 aromatic carbocycles. The van der Waals surface area contributed by atoms with E-state index < -0.39 is 32.9 Å². The predicted octanol–water partition coefficient (Wildman–Crippen LogP) is 1.32. The van der Waals surface area contributed by atoms with Crippen molar-refractivity contribution in [1.29, 1.82) is 0 Å². The van der Waals surface area contributed by atoms with E-state index in [0.717, 1.165) is 12.3 Å². The van der Waals surface area contributed by atoms with Gasteiger partial charge < -0.3 is 5.11 Å². The topological polar surface area (TPSA) is 96.4 Å². The molecule has 2 aromatic rings. The van der Waals surface area contributed by atoms with Crippen LogP contribution in [-0.4, -0.2) is 24.5 Å². The van der Waals surface area contributed by atoms with Gasteiger partial charge >= 0.3 is 5.97 Å². The number of aromatic nitrogens is 1. The number of aliphatic carboxylic acids is 1. The molecule has 1 heterocycles. The maximum absolute atomic E-state index is 13.5. The van der Waals surface area contributed by atoms with E-state index in [4.69, 9.17) is 5.11 Å². The van der Waals surface area contributed by atoms with Crippen LogP contribution in [0.25, 0.3) is 0 Å².